The van der Waals surface area contributed by atoms with Gasteiger partial charge in [0.1, 0.15) is 5.82 Å². The Morgan fingerprint density at radius 1 is 1.45 bits per heavy atom. The Morgan fingerprint density at radius 2 is 2.32 bits per heavy atom. The highest BCUT2D eigenvalue weighted by molar-refractivity contribution is 7.14. The van der Waals surface area contributed by atoms with E-state index >= 15 is 0 Å². The molecule has 5 nitrogen and oxygen atoms in total. The van der Waals surface area contributed by atoms with Crippen LogP contribution in [-0.4, -0.2) is 36.8 Å². The number of rotatable bonds is 3. The minimum Gasteiger partial charge on any atom is -0.379 e. The van der Waals surface area contributed by atoms with Gasteiger partial charge in [-0.2, -0.15) is 4.98 Å². The lowest BCUT2D eigenvalue weighted by Crippen LogP contribution is -2.31. The number of halogens is 1. The maximum Gasteiger partial charge on any atom is 0.224 e. The second-order valence-electron chi connectivity index (χ2n) is 5.23. The van der Waals surface area contributed by atoms with Gasteiger partial charge in [-0.05, 0) is 24.8 Å². The van der Waals surface area contributed by atoms with E-state index < -0.39 is 0 Å². The minimum absolute atomic E-state index is 0.0836. The van der Waals surface area contributed by atoms with Crippen LogP contribution < -0.4 is 10.2 Å². The molecule has 0 spiro atoms. The van der Waals surface area contributed by atoms with Crippen molar-refractivity contribution >= 4 is 34.7 Å². The van der Waals surface area contributed by atoms with Crippen LogP contribution in [0.2, 0.25) is 4.34 Å². The number of nitrogens with zero attached hydrogens (tertiary/aromatic N) is 3. The minimum atomic E-state index is 0.0836. The molecule has 0 aromatic carbocycles. The van der Waals surface area contributed by atoms with E-state index in [0.29, 0.717) is 12.6 Å². The predicted molar refractivity (Wildman–Crippen MR) is 91.2 cm³/mol. The highest BCUT2D eigenvalue weighted by atomic mass is 35.5. The molecule has 1 unspecified atom stereocenters. The van der Waals surface area contributed by atoms with E-state index in [1.807, 2.05) is 25.4 Å². The van der Waals surface area contributed by atoms with Gasteiger partial charge in [-0.15, -0.1) is 11.3 Å². The smallest absolute Gasteiger partial charge is 0.224 e. The van der Waals surface area contributed by atoms with Gasteiger partial charge in [0.15, 0.2) is 0 Å². The molecule has 7 heteroatoms. The fourth-order valence-corrected chi connectivity index (χ4v) is 3.68. The summed E-state index contributed by atoms with van der Waals surface area (Å²) >= 11 is 7.91. The predicted octanol–water partition coefficient (Wildman–Crippen LogP) is 3.51. The summed E-state index contributed by atoms with van der Waals surface area (Å²) < 4.78 is 6.59. The molecule has 3 rings (SSSR count). The van der Waals surface area contributed by atoms with E-state index in [4.69, 9.17) is 16.3 Å². The van der Waals surface area contributed by atoms with Gasteiger partial charge in [0, 0.05) is 37.5 Å². The van der Waals surface area contributed by atoms with Crippen LogP contribution in [-0.2, 0) is 4.74 Å². The maximum absolute atomic E-state index is 6.36. The third-order valence-electron chi connectivity index (χ3n) is 3.70. The SMILES string of the molecule is CNc1nc(C)cc(N2CCCOCC2c2ccsc2Cl)n1. The van der Waals surface area contributed by atoms with Crippen molar-refractivity contribution < 1.29 is 4.74 Å². The van der Waals surface area contributed by atoms with Gasteiger partial charge in [-0.3, -0.25) is 0 Å². The first kappa shape index (κ1) is 15.5. The van der Waals surface area contributed by atoms with Crippen molar-refractivity contribution in [1.29, 1.82) is 0 Å². The third kappa shape index (κ3) is 3.19. The van der Waals surface area contributed by atoms with Crippen LogP contribution >= 0.6 is 22.9 Å². The molecule has 0 amide bonds. The number of aromatic nitrogens is 2. The van der Waals surface area contributed by atoms with Crippen LogP contribution in [0.3, 0.4) is 0 Å². The molecule has 118 valence electrons. The van der Waals surface area contributed by atoms with Crippen molar-refractivity contribution in [2.24, 2.45) is 0 Å². The second-order valence-corrected chi connectivity index (χ2v) is 6.75. The van der Waals surface area contributed by atoms with Gasteiger partial charge in [0.05, 0.1) is 17.0 Å². The van der Waals surface area contributed by atoms with Crippen LogP contribution in [0.15, 0.2) is 17.5 Å². The largest absolute Gasteiger partial charge is 0.379 e. The van der Waals surface area contributed by atoms with Gasteiger partial charge in [0.25, 0.3) is 0 Å². The number of nitrogens with one attached hydrogen (secondary N) is 1. The van der Waals surface area contributed by atoms with Gasteiger partial charge < -0.3 is 15.0 Å². The number of aryl methyl sites for hydroxylation is 1. The zero-order valence-corrected chi connectivity index (χ0v) is 14.2. The standard InChI is InChI=1S/C15H19ClN4OS/c1-10-8-13(19-15(17-2)18-10)20-5-3-6-21-9-12(20)11-4-7-22-14(11)16/h4,7-8,12H,3,5-6,9H2,1-2H3,(H,17,18,19). The fourth-order valence-electron chi connectivity index (χ4n) is 2.66. The third-order valence-corrected chi connectivity index (χ3v) is 4.90. The summed E-state index contributed by atoms with van der Waals surface area (Å²) in [5.74, 6) is 1.55. The average Bonchev–Trinajstić information content (AvgIpc) is 2.79. The van der Waals surface area contributed by atoms with Crippen molar-refractivity contribution in [3.05, 3.63) is 33.1 Å². The molecule has 1 aliphatic heterocycles. The lowest BCUT2D eigenvalue weighted by molar-refractivity contribution is 0.134. The second kappa shape index (κ2) is 6.81. The monoisotopic (exact) mass is 338 g/mol. The first-order valence-corrected chi connectivity index (χ1v) is 8.55. The summed E-state index contributed by atoms with van der Waals surface area (Å²) in [6, 6.07) is 4.17. The lowest BCUT2D eigenvalue weighted by atomic mass is 10.1. The molecule has 2 aromatic heterocycles. The maximum atomic E-state index is 6.36. The van der Waals surface area contributed by atoms with E-state index in [1.54, 1.807) is 11.3 Å². The molecule has 1 fully saturated rings. The fraction of sp³-hybridized carbons (Fsp3) is 0.467. The molecule has 0 aliphatic carbocycles. The summed E-state index contributed by atoms with van der Waals surface area (Å²) in [6.07, 6.45) is 0.968. The Labute approximate surface area is 139 Å². The molecular weight excluding hydrogens is 320 g/mol. The molecule has 3 heterocycles. The molecule has 0 saturated carbocycles. The van der Waals surface area contributed by atoms with Crippen LogP contribution in [0.5, 0.6) is 0 Å². The molecule has 1 aliphatic rings. The Kier molecular flexibility index (Phi) is 4.81. The Morgan fingerprint density at radius 3 is 3.05 bits per heavy atom. The van der Waals surface area contributed by atoms with E-state index in [-0.39, 0.29) is 6.04 Å². The number of hydrogen-bond acceptors (Lipinski definition) is 6. The van der Waals surface area contributed by atoms with Gasteiger partial charge >= 0.3 is 0 Å². The van der Waals surface area contributed by atoms with E-state index in [2.05, 4.69) is 26.3 Å². The zero-order chi connectivity index (χ0) is 15.5. The molecule has 1 saturated heterocycles. The van der Waals surface area contributed by atoms with Crippen molar-refractivity contribution in [2.45, 2.75) is 19.4 Å². The highest BCUT2D eigenvalue weighted by Crippen LogP contribution is 2.35. The summed E-state index contributed by atoms with van der Waals surface area (Å²) in [5.41, 5.74) is 2.05. The number of thiophene rings is 1. The van der Waals surface area contributed by atoms with E-state index in [9.17, 15) is 0 Å². The highest BCUT2D eigenvalue weighted by Gasteiger charge is 2.27. The average molecular weight is 339 g/mol. The molecule has 1 N–H and O–H groups in total. The summed E-state index contributed by atoms with van der Waals surface area (Å²) in [5, 5.41) is 5.04. The number of ether oxygens (including phenoxy) is 1. The Hall–Kier alpha value is -1.37. The van der Waals surface area contributed by atoms with Gasteiger partial charge in [-0.25, -0.2) is 4.98 Å². The molecule has 2 aromatic rings. The number of anilines is 2. The topological polar surface area (TPSA) is 50.3 Å². The van der Waals surface area contributed by atoms with Crippen LogP contribution in [0.1, 0.15) is 23.7 Å². The molecule has 22 heavy (non-hydrogen) atoms. The molecule has 1 atom stereocenters. The molecule has 0 bridgehead atoms. The summed E-state index contributed by atoms with van der Waals surface area (Å²) in [4.78, 5) is 11.3. The Bertz CT molecular complexity index is 648. The lowest BCUT2D eigenvalue weighted by Gasteiger charge is -2.30. The van der Waals surface area contributed by atoms with Crippen molar-refractivity contribution in [3.8, 4) is 0 Å². The normalized spacial score (nSPS) is 19.0. The quantitative estimate of drug-likeness (QED) is 0.928. The molecular formula is C15H19ClN4OS. The first-order chi connectivity index (χ1) is 10.7. The Balaban J connectivity index is 2.00. The van der Waals surface area contributed by atoms with Crippen LogP contribution in [0.25, 0.3) is 0 Å². The van der Waals surface area contributed by atoms with Gasteiger partial charge in [-0.1, -0.05) is 11.6 Å². The van der Waals surface area contributed by atoms with Crippen molar-refractivity contribution in [2.75, 3.05) is 37.0 Å². The summed E-state index contributed by atoms with van der Waals surface area (Å²) in [6.45, 7) is 4.25. The first-order valence-electron chi connectivity index (χ1n) is 7.29. The van der Waals surface area contributed by atoms with Crippen molar-refractivity contribution in [3.63, 3.8) is 0 Å². The molecule has 0 radical (unpaired) electrons. The van der Waals surface area contributed by atoms with E-state index in [1.165, 1.54) is 0 Å². The zero-order valence-electron chi connectivity index (χ0n) is 12.7. The van der Waals surface area contributed by atoms with Gasteiger partial charge in [0.2, 0.25) is 5.95 Å². The van der Waals surface area contributed by atoms with E-state index in [0.717, 1.165) is 41.0 Å². The van der Waals surface area contributed by atoms with Crippen LogP contribution in [0.4, 0.5) is 11.8 Å². The van der Waals surface area contributed by atoms with Crippen LogP contribution in [0, 0.1) is 6.92 Å². The van der Waals surface area contributed by atoms with Crippen molar-refractivity contribution in [1.82, 2.24) is 9.97 Å². The number of hydrogen-bond donors (Lipinski definition) is 1. The summed E-state index contributed by atoms with van der Waals surface area (Å²) in [7, 11) is 1.83.